The number of rotatable bonds is 7. The number of phenolic OH excluding ortho intramolecular Hbond substituents is 4. The van der Waals surface area contributed by atoms with E-state index in [4.69, 9.17) is 10.8 Å². The Bertz CT molecular complexity index is 2520. The zero-order valence-corrected chi connectivity index (χ0v) is 41.0. The first-order valence-corrected chi connectivity index (χ1v) is 24.0. The molecule has 0 aliphatic heterocycles. The van der Waals surface area contributed by atoms with Crippen LogP contribution in [-0.4, -0.2) is 61.1 Å². The number of nitrogens with one attached hydrogen (secondary N) is 1. The Labute approximate surface area is 412 Å². The van der Waals surface area contributed by atoms with Gasteiger partial charge in [-0.05, 0) is 120 Å². The second kappa shape index (κ2) is 21.0. The Hall–Kier alpha value is -6.22. The third kappa shape index (κ3) is 11.4. The molecule has 70 heavy (non-hydrogen) atoms. The number of carboxylic acids is 1. The fourth-order valence-electron chi connectivity index (χ4n) is 13.4. The number of hydrogen-bond acceptors (Lipinski definition) is 11. The van der Waals surface area contributed by atoms with Gasteiger partial charge in [0.1, 0.15) is 34.1 Å². The number of ketones is 2. The number of aromatic carboxylic acids is 1. The fraction of sp³-hybridized carbons (Fsp3) is 0.527. The molecular formula is C55H74N4O11. The molecule has 380 valence electrons. The second-order valence-electron chi connectivity index (χ2n) is 22.1. The van der Waals surface area contributed by atoms with E-state index < -0.39 is 11.9 Å². The molecule has 10 atom stereocenters. The van der Waals surface area contributed by atoms with Gasteiger partial charge >= 0.3 is 5.97 Å². The molecule has 2 aromatic heterocycles. The molecule has 4 aromatic rings. The van der Waals surface area contributed by atoms with Gasteiger partial charge in [-0.1, -0.05) is 75.7 Å². The summed E-state index contributed by atoms with van der Waals surface area (Å²) in [6.45, 7) is 17.6. The van der Waals surface area contributed by atoms with Crippen LogP contribution in [0.5, 0.6) is 23.0 Å². The number of Topliss-reactive ketones (excluding diaryl/α,β-unsaturated/α-hetero) is 2. The molecule has 0 bridgehead atoms. The van der Waals surface area contributed by atoms with Crippen LogP contribution in [0.25, 0.3) is 0 Å². The average Bonchev–Trinajstić information content (AvgIpc) is 3.24. The molecule has 0 spiro atoms. The Morgan fingerprint density at radius 1 is 0.614 bits per heavy atom. The standard InChI is InChI=1S/C27H34N2O5.C21H31NO3.C6H5NO3.CH4/c1-16-21(28-25(33)17-7-5-10-29(34)15-17)14-22-26(2,3)8-6-9-27(22,4)23(16)24(32)18-11-19(30)13-20(31)12-18;1-12-16(22)11-17-20(2,3)6-5-7-21(17,4)18(12)19(25)13-8-14(23)10-15(24)9-13;8-6(9)5-2-1-3-7(10)4-5;/h5,7,10-13,15-16,21-23,30-31H,6,8-9,14H2,1-4H3,(H,28,33);8-10,12,16-18,23-24H,5-7,11,22H2,1-4H3;1-4H,(H,8,9);1H4/t16-,21-,22+,23-,27+;12-,16-,17+,18-,21+;;/m11../s1. The molecule has 8 N–H and O–H groups in total. The molecule has 0 radical (unpaired) electrons. The van der Waals surface area contributed by atoms with Crippen molar-refractivity contribution in [3.63, 3.8) is 0 Å². The van der Waals surface area contributed by atoms with Gasteiger partial charge in [-0.15, -0.1) is 0 Å². The number of nitrogens with two attached hydrogens (primary N) is 1. The molecular weight excluding hydrogens is 893 g/mol. The predicted molar refractivity (Wildman–Crippen MR) is 265 cm³/mol. The highest BCUT2D eigenvalue weighted by Crippen LogP contribution is 2.63. The van der Waals surface area contributed by atoms with E-state index in [9.17, 15) is 50.0 Å². The van der Waals surface area contributed by atoms with Crippen LogP contribution in [0.15, 0.2) is 85.5 Å². The summed E-state index contributed by atoms with van der Waals surface area (Å²) in [5.41, 5.74) is 7.19. The van der Waals surface area contributed by atoms with Gasteiger partial charge in [-0.2, -0.15) is 9.46 Å². The van der Waals surface area contributed by atoms with Crippen molar-refractivity contribution in [2.75, 3.05) is 0 Å². The number of amides is 1. The summed E-state index contributed by atoms with van der Waals surface area (Å²) in [4.78, 5) is 50.6. The van der Waals surface area contributed by atoms with Crippen molar-refractivity contribution in [3.05, 3.63) is 118 Å². The maximum atomic E-state index is 14.0. The number of carbonyl (C=O) groups excluding carboxylic acids is 3. The monoisotopic (exact) mass is 967 g/mol. The maximum Gasteiger partial charge on any atom is 0.341 e. The lowest BCUT2D eigenvalue weighted by atomic mass is 9.45. The zero-order chi connectivity index (χ0) is 51.0. The summed E-state index contributed by atoms with van der Waals surface area (Å²) in [6, 6.07) is 13.8. The molecule has 8 rings (SSSR count). The van der Waals surface area contributed by atoms with Crippen molar-refractivity contribution in [2.24, 2.45) is 62.9 Å². The predicted octanol–water partition coefficient (Wildman–Crippen LogP) is 8.95. The Morgan fingerprint density at radius 2 is 1.01 bits per heavy atom. The minimum Gasteiger partial charge on any atom is -0.619 e. The van der Waals surface area contributed by atoms with E-state index in [0.717, 1.165) is 51.1 Å². The lowest BCUT2D eigenvalue weighted by Gasteiger charge is -2.60. The molecule has 4 aliphatic carbocycles. The van der Waals surface area contributed by atoms with Crippen molar-refractivity contribution in [2.45, 2.75) is 126 Å². The average molecular weight is 967 g/mol. The molecule has 4 aliphatic rings. The summed E-state index contributed by atoms with van der Waals surface area (Å²) in [5.74, 6) is -2.14. The molecule has 15 nitrogen and oxygen atoms in total. The van der Waals surface area contributed by atoms with Crippen molar-refractivity contribution in [1.29, 1.82) is 0 Å². The van der Waals surface area contributed by atoms with Crippen LogP contribution in [0.2, 0.25) is 0 Å². The molecule has 2 heterocycles. The summed E-state index contributed by atoms with van der Waals surface area (Å²) >= 11 is 0. The Kier molecular flexibility index (Phi) is 16.4. The summed E-state index contributed by atoms with van der Waals surface area (Å²) < 4.78 is 1.05. The van der Waals surface area contributed by atoms with Gasteiger partial charge in [0.25, 0.3) is 5.91 Å². The van der Waals surface area contributed by atoms with Crippen LogP contribution in [0.3, 0.4) is 0 Å². The van der Waals surface area contributed by atoms with Gasteiger partial charge in [0.15, 0.2) is 36.4 Å². The largest absolute Gasteiger partial charge is 0.619 e. The quantitative estimate of drug-likeness (QED) is 0.0520. The second-order valence-corrected chi connectivity index (χ2v) is 22.1. The molecule has 4 fully saturated rings. The number of carboxylic acid groups (broad SMARTS) is 1. The van der Waals surface area contributed by atoms with E-state index in [2.05, 4.69) is 53.8 Å². The molecule has 0 saturated heterocycles. The van der Waals surface area contributed by atoms with E-state index >= 15 is 0 Å². The van der Waals surface area contributed by atoms with E-state index in [1.165, 1.54) is 79.6 Å². The summed E-state index contributed by atoms with van der Waals surface area (Å²) in [7, 11) is 0. The normalized spacial score (nSPS) is 29.3. The number of carbonyl (C=O) groups is 4. The third-order valence-corrected chi connectivity index (χ3v) is 16.6. The lowest BCUT2D eigenvalue weighted by molar-refractivity contribution is -0.605. The van der Waals surface area contributed by atoms with Crippen LogP contribution in [0, 0.1) is 67.6 Å². The van der Waals surface area contributed by atoms with Crippen molar-refractivity contribution in [3.8, 4) is 23.0 Å². The summed E-state index contributed by atoms with van der Waals surface area (Å²) in [6.07, 6.45) is 12.8. The van der Waals surface area contributed by atoms with Crippen LogP contribution in [-0.2, 0) is 0 Å². The summed E-state index contributed by atoms with van der Waals surface area (Å²) in [5, 5.41) is 73.2. The first-order chi connectivity index (χ1) is 32.2. The number of aromatic hydroxyl groups is 4. The van der Waals surface area contributed by atoms with Gasteiger partial charge < -0.3 is 47.0 Å². The number of aromatic nitrogens is 2. The Balaban J connectivity index is 0.000000221. The van der Waals surface area contributed by atoms with Gasteiger partial charge in [0, 0.05) is 59.3 Å². The smallest absolute Gasteiger partial charge is 0.341 e. The van der Waals surface area contributed by atoms with Crippen LogP contribution < -0.4 is 20.5 Å². The van der Waals surface area contributed by atoms with Crippen LogP contribution >= 0.6 is 0 Å². The number of pyridine rings is 2. The number of benzene rings is 2. The van der Waals surface area contributed by atoms with E-state index in [0.29, 0.717) is 20.9 Å². The molecule has 0 unspecified atom stereocenters. The van der Waals surface area contributed by atoms with E-state index in [1.54, 1.807) is 6.07 Å². The number of nitrogens with zero attached hydrogens (tertiary/aromatic N) is 2. The van der Waals surface area contributed by atoms with Gasteiger partial charge in [0.05, 0.1) is 0 Å². The minimum absolute atomic E-state index is 0. The third-order valence-electron chi connectivity index (χ3n) is 16.6. The first kappa shape index (κ1) is 54.7. The first-order valence-electron chi connectivity index (χ1n) is 24.0. The highest BCUT2D eigenvalue weighted by molar-refractivity contribution is 6.00. The highest BCUT2D eigenvalue weighted by Gasteiger charge is 2.60. The fourth-order valence-corrected chi connectivity index (χ4v) is 13.4. The SMILES string of the molecule is C.C[C@@H]1[C@H](N)C[C@H]2C(C)(C)CCC[C@]2(C)[C@H]1C(=O)c1cc(O)cc(O)c1.C[C@@H]1[C@H](NC(=O)c2ccc[n+]([O-])c2)C[C@H]2C(C)(C)CCC[C@]2(C)[C@H]1C(=O)c1cc(O)cc(O)c1.O=C(O)c1ccc[n+]([O-])c1. The van der Waals surface area contributed by atoms with Gasteiger partial charge in [0.2, 0.25) is 0 Å². The van der Waals surface area contributed by atoms with Crippen LogP contribution in [0.4, 0.5) is 0 Å². The lowest BCUT2D eigenvalue weighted by Crippen LogP contribution is -2.60. The number of hydrogen-bond donors (Lipinski definition) is 7. The van der Waals surface area contributed by atoms with Crippen molar-refractivity contribution < 1.29 is 54.2 Å². The van der Waals surface area contributed by atoms with Crippen molar-refractivity contribution in [1.82, 2.24) is 5.32 Å². The minimum atomic E-state index is -1.09. The molecule has 2 aromatic carbocycles. The molecule has 4 saturated carbocycles. The van der Waals surface area contributed by atoms with Gasteiger partial charge in [-0.3, -0.25) is 14.4 Å². The van der Waals surface area contributed by atoms with E-state index in [-0.39, 0.29) is 122 Å². The molecule has 1 amide bonds. The van der Waals surface area contributed by atoms with Gasteiger partial charge in [-0.25, -0.2) is 4.79 Å². The van der Waals surface area contributed by atoms with Crippen molar-refractivity contribution >= 4 is 23.4 Å². The zero-order valence-electron chi connectivity index (χ0n) is 41.0. The number of fused-ring (bicyclic) bond motifs is 2. The Morgan fingerprint density at radius 3 is 1.43 bits per heavy atom. The highest BCUT2D eigenvalue weighted by atomic mass is 16.5. The van der Waals surface area contributed by atoms with Crippen LogP contribution in [0.1, 0.15) is 156 Å². The van der Waals surface area contributed by atoms with E-state index in [1.807, 2.05) is 6.92 Å². The molecule has 15 heteroatoms. The maximum absolute atomic E-state index is 14.0. The topological polar surface area (TPSA) is 261 Å². The number of phenols is 4.